The first kappa shape index (κ1) is 22.0. The van der Waals surface area contributed by atoms with Crippen LogP contribution in [0.3, 0.4) is 0 Å². The number of hydrogen-bond donors (Lipinski definition) is 0. The molecule has 0 N–H and O–H groups in total. The number of thiophene rings is 2. The fourth-order valence-electron chi connectivity index (χ4n) is 5.96. The Bertz CT molecular complexity index is 2080. The molecule has 2 heterocycles. The third kappa shape index (κ3) is 3.49. The summed E-state index contributed by atoms with van der Waals surface area (Å²) in [6.07, 6.45) is 6.99. The highest BCUT2D eigenvalue weighted by Crippen LogP contribution is 2.43. The Morgan fingerprint density at radius 2 is 1.08 bits per heavy atom. The zero-order valence-corrected chi connectivity index (χ0v) is 22.4. The van der Waals surface area contributed by atoms with Crippen LogP contribution >= 0.6 is 22.7 Å². The van der Waals surface area contributed by atoms with Crippen molar-refractivity contribution in [2.45, 2.75) is 12.8 Å². The van der Waals surface area contributed by atoms with Gasteiger partial charge in [-0.25, -0.2) is 0 Å². The first-order valence-electron chi connectivity index (χ1n) is 13.2. The van der Waals surface area contributed by atoms with Crippen molar-refractivity contribution in [3.8, 4) is 11.1 Å². The van der Waals surface area contributed by atoms with E-state index in [1.165, 1.54) is 73.7 Å². The van der Waals surface area contributed by atoms with Gasteiger partial charge in [0.2, 0.25) is 0 Å². The van der Waals surface area contributed by atoms with E-state index in [1.807, 2.05) is 22.7 Å². The van der Waals surface area contributed by atoms with Gasteiger partial charge < -0.3 is 0 Å². The molecule has 0 amide bonds. The van der Waals surface area contributed by atoms with Gasteiger partial charge in [0.05, 0.1) is 0 Å². The molecule has 2 heteroatoms. The summed E-state index contributed by atoms with van der Waals surface area (Å²) in [6.45, 7) is 0. The van der Waals surface area contributed by atoms with Crippen LogP contribution in [0.2, 0.25) is 0 Å². The molecule has 7 aromatic rings. The lowest BCUT2D eigenvalue weighted by Crippen LogP contribution is -1.94. The lowest BCUT2D eigenvalue weighted by atomic mass is 9.89. The average molecular weight is 521 g/mol. The summed E-state index contributed by atoms with van der Waals surface area (Å²) >= 11 is 3.82. The normalized spacial score (nSPS) is 13.9. The average Bonchev–Trinajstić information content (AvgIpc) is 3.56. The molecule has 180 valence electrons. The van der Waals surface area contributed by atoms with Crippen LogP contribution < -0.4 is 0 Å². The SMILES string of the molecule is C1=C(c2cccc(-c3cccc4c3sc3ccccc34)c2)C=C(c2cccc3c2sc2ccccc23)CC1. The van der Waals surface area contributed by atoms with E-state index in [9.17, 15) is 0 Å². The van der Waals surface area contributed by atoms with Gasteiger partial charge >= 0.3 is 0 Å². The predicted octanol–water partition coefficient (Wildman–Crippen LogP) is 11.4. The largest absolute Gasteiger partial charge is 0.135 e. The van der Waals surface area contributed by atoms with Gasteiger partial charge in [0.1, 0.15) is 0 Å². The Morgan fingerprint density at radius 3 is 1.82 bits per heavy atom. The van der Waals surface area contributed by atoms with Crippen molar-refractivity contribution >= 4 is 74.2 Å². The topological polar surface area (TPSA) is 0 Å². The standard InChI is InChI=1S/C36H24S2/c1-3-19-33-29(13-1)31-17-7-15-27(35(31)37-33)25-11-5-9-23(21-25)24-10-6-12-26(22-24)28-16-8-18-32-30-14-2-4-20-34(30)38-36(28)32/h1-5,7-11,13-22H,6,12H2. The van der Waals surface area contributed by atoms with E-state index < -0.39 is 0 Å². The van der Waals surface area contributed by atoms with Crippen LogP contribution in [-0.4, -0.2) is 0 Å². The molecule has 0 saturated heterocycles. The third-order valence-corrected chi connectivity index (χ3v) is 10.2. The molecule has 0 fully saturated rings. The van der Waals surface area contributed by atoms with Gasteiger partial charge in [-0.05, 0) is 64.4 Å². The lowest BCUT2D eigenvalue weighted by Gasteiger charge is -2.16. The molecule has 0 radical (unpaired) electrons. The van der Waals surface area contributed by atoms with Gasteiger partial charge in [-0.3, -0.25) is 0 Å². The van der Waals surface area contributed by atoms with Gasteiger partial charge in [-0.2, -0.15) is 0 Å². The van der Waals surface area contributed by atoms with Crippen LogP contribution in [-0.2, 0) is 0 Å². The number of fused-ring (bicyclic) bond motifs is 6. The van der Waals surface area contributed by atoms with Crippen molar-refractivity contribution in [1.29, 1.82) is 0 Å². The summed E-state index contributed by atoms with van der Waals surface area (Å²) in [5.41, 5.74) is 8.06. The van der Waals surface area contributed by atoms with Crippen LogP contribution in [0, 0.1) is 0 Å². The molecule has 0 aliphatic heterocycles. The van der Waals surface area contributed by atoms with Crippen LogP contribution in [0.4, 0.5) is 0 Å². The van der Waals surface area contributed by atoms with Gasteiger partial charge in [0.15, 0.2) is 0 Å². The second-order valence-corrected chi connectivity index (χ2v) is 12.1. The van der Waals surface area contributed by atoms with Crippen LogP contribution in [0.5, 0.6) is 0 Å². The van der Waals surface area contributed by atoms with Gasteiger partial charge in [-0.1, -0.05) is 103 Å². The molecule has 0 unspecified atom stereocenters. The molecular weight excluding hydrogens is 497 g/mol. The van der Waals surface area contributed by atoms with E-state index >= 15 is 0 Å². The van der Waals surface area contributed by atoms with Crippen molar-refractivity contribution in [2.24, 2.45) is 0 Å². The molecular formula is C36H24S2. The second kappa shape index (κ2) is 8.80. The maximum absolute atomic E-state index is 2.43. The maximum atomic E-state index is 2.43. The van der Waals surface area contributed by atoms with Gasteiger partial charge in [-0.15, -0.1) is 22.7 Å². The van der Waals surface area contributed by atoms with E-state index in [4.69, 9.17) is 0 Å². The highest BCUT2D eigenvalue weighted by Gasteiger charge is 2.16. The number of rotatable bonds is 3. The van der Waals surface area contributed by atoms with E-state index in [1.54, 1.807) is 0 Å². The summed E-state index contributed by atoms with van der Waals surface area (Å²) in [5.74, 6) is 0. The van der Waals surface area contributed by atoms with Gasteiger partial charge in [0.25, 0.3) is 0 Å². The number of allylic oxidation sites excluding steroid dienone is 4. The zero-order valence-electron chi connectivity index (χ0n) is 20.8. The van der Waals surface area contributed by atoms with Crippen LogP contribution in [0.15, 0.2) is 121 Å². The predicted molar refractivity (Wildman–Crippen MR) is 169 cm³/mol. The summed E-state index contributed by atoms with van der Waals surface area (Å²) in [4.78, 5) is 0. The van der Waals surface area contributed by atoms with E-state index in [0.717, 1.165) is 12.8 Å². The second-order valence-electron chi connectivity index (χ2n) is 10.0. The quantitative estimate of drug-likeness (QED) is 0.217. The molecule has 0 spiro atoms. The van der Waals surface area contributed by atoms with Crippen LogP contribution in [0.1, 0.15) is 24.0 Å². The van der Waals surface area contributed by atoms with E-state index in [0.29, 0.717) is 0 Å². The fourth-order valence-corrected chi connectivity index (χ4v) is 8.45. The molecule has 0 bridgehead atoms. The molecule has 2 aromatic heterocycles. The monoisotopic (exact) mass is 520 g/mol. The lowest BCUT2D eigenvalue weighted by molar-refractivity contribution is 1.06. The first-order chi connectivity index (χ1) is 18.8. The van der Waals surface area contributed by atoms with E-state index in [2.05, 4.69) is 121 Å². The summed E-state index contributed by atoms with van der Waals surface area (Å²) in [7, 11) is 0. The minimum Gasteiger partial charge on any atom is -0.135 e. The van der Waals surface area contributed by atoms with Gasteiger partial charge in [0, 0.05) is 40.3 Å². The summed E-state index contributed by atoms with van der Waals surface area (Å²) < 4.78 is 5.50. The Kier molecular flexibility index (Phi) is 5.11. The van der Waals surface area contributed by atoms with Crippen molar-refractivity contribution in [2.75, 3.05) is 0 Å². The Labute approximate surface area is 229 Å². The molecule has 1 aliphatic rings. The third-order valence-electron chi connectivity index (χ3n) is 7.77. The van der Waals surface area contributed by atoms with Crippen molar-refractivity contribution < 1.29 is 0 Å². The molecule has 38 heavy (non-hydrogen) atoms. The molecule has 1 aliphatic carbocycles. The van der Waals surface area contributed by atoms with Crippen LogP contribution in [0.25, 0.3) is 62.6 Å². The van der Waals surface area contributed by atoms with E-state index in [-0.39, 0.29) is 0 Å². The van der Waals surface area contributed by atoms with Crippen molar-refractivity contribution in [1.82, 2.24) is 0 Å². The molecule has 8 rings (SSSR count). The highest BCUT2D eigenvalue weighted by molar-refractivity contribution is 7.26. The zero-order chi connectivity index (χ0) is 25.1. The Balaban J connectivity index is 1.23. The van der Waals surface area contributed by atoms with Crippen molar-refractivity contribution in [3.05, 3.63) is 132 Å². The Morgan fingerprint density at radius 1 is 0.500 bits per heavy atom. The minimum atomic E-state index is 1.07. The molecule has 0 saturated carbocycles. The first-order valence-corrected chi connectivity index (χ1v) is 14.8. The number of benzene rings is 5. The Hall–Kier alpha value is -3.98. The molecule has 5 aromatic carbocycles. The minimum absolute atomic E-state index is 1.07. The smallest absolute Gasteiger partial charge is 0.0433 e. The van der Waals surface area contributed by atoms with Crippen molar-refractivity contribution in [3.63, 3.8) is 0 Å². The molecule has 0 nitrogen and oxygen atoms in total. The summed E-state index contributed by atoms with van der Waals surface area (Å²) in [5, 5.41) is 5.44. The number of hydrogen-bond acceptors (Lipinski definition) is 2. The summed E-state index contributed by atoms with van der Waals surface area (Å²) in [6, 6.07) is 40.2. The fraction of sp³-hybridized carbons (Fsp3) is 0.0556. The maximum Gasteiger partial charge on any atom is 0.0433 e. The highest BCUT2D eigenvalue weighted by atomic mass is 32.1. The molecule has 0 atom stereocenters.